The van der Waals surface area contributed by atoms with E-state index in [9.17, 15) is 28.7 Å². The number of piperidine rings is 1. The number of methoxy groups -OCH3 is 1. The van der Waals surface area contributed by atoms with Crippen LogP contribution in [-0.4, -0.2) is 70.4 Å². The average Bonchev–Trinajstić information content (AvgIpc) is 3.64. The van der Waals surface area contributed by atoms with E-state index in [-0.39, 0.29) is 24.8 Å². The van der Waals surface area contributed by atoms with Crippen molar-refractivity contribution in [3.05, 3.63) is 48.1 Å². The molecule has 11 nitrogen and oxygen atoms in total. The Kier molecular flexibility index (Phi) is 8.49. The van der Waals surface area contributed by atoms with Gasteiger partial charge in [0.05, 0.1) is 19.4 Å². The monoisotopic (exact) mass is 613 g/mol. The first-order valence-corrected chi connectivity index (χ1v) is 17.2. The third kappa shape index (κ3) is 6.15. The van der Waals surface area contributed by atoms with Crippen LogP contribution in [0.1, 0.15) is 44.1 Å². The molecule has 4 aliphatic rings. The normalized spacial score (nSPS) is 22.9. The zero-order valence-electron chi connectivity index (χ0n) is 23.0. The molecule has 1 aromatic carbocycles. The van der Waals surface area contributed by atoms with Gasteiger partial charge in [0.25, 0.3) is 0 Å². The van der Waals surface area contributed by atoms with E-state index in [4.69, 9.17) is 9.47 Å². The number of benzene rings is 1. The van der Waals surface area contributed by atoms with Crippen LogP contribution in [0.4, 0.5) is 15.8 Å². The van der Waals surface area contributed by atoms with Crippen LogP contribution in [0.3, 0.4) is 0 Å². The van der Waals surface area contributed by atoms with E-state index in [1.807, 2.05) is 6.20 Å². The summed E-state index contributed by atoms with van der Waals surface area (Å²) in [4.78, 5) is 41.5. The summed E-state index contributed by atoms with van der Waals surface area (Å²) in [5.74, 6) is 0.747. The Hall–Kier alpha value is -2.17. The predicted octanol–water partition coefficient (Wildman–Crippen LogP) is 3.89. The Morgan fingerprint density at radius 1 is 1.17 bits per heavy atom. The lowest BCUT2D eigenvalue weighted by Gasteiger charge is -2.35. The zero-order valence-corrected chi connectivity index (χ0v) is 24.8. The van der Waals surface area contributed by atoms with Crippen molar-refractivity contribution in [1.29, 1.82) is 0 Å². The standard InChI is InChI=1S/C27H38FN3O8P2/c1-16-20-12-22(28)26(30-13-18-6-4-10-29-23(18)15-30)27(38-3)25(20)31(19-8-9-19)14-21(16)17(2)39-11-5-7-24(40(32,33)34)41(35,36)37/h12,14,18-19,23-24,29H,1-2,4-11,13,15H2,3H3,(H2,32,33,34)(H2,35,36,37)/t18-,23+/m0/s1. The van der Waals surface area contributed by atoms with E-state index >= 15 is 4.39 Å². The summed E-state index contributed by atoms with van der Waals surface area (Å²) in [6.45, 7) is 10.5. The molecule has 226 valence electrons. The summed E-state index contributed by atoms with van der Waals surface area (Å²) in [5, 5.41) is 1.47. The first-order valence-electron chi connectivity index (χ1n) is 13.8. The van der Waals surface area contributed by atoms with Crippen LogP contribution < -0.4 is 19.9 Å². The second-order valence-electron chi connectivity index (χ2n) is 11.2. The van der Waals surface area contributed by atoms with Crippen LogP contribution in [-0.2, 0) is 13.9 Å². The van der Waals surface area contributed by atoms with Crippen LogP contribution in [0, 0.1) is 11.7 Å². The van der Waals surface area contributed by atoms with Crippen LogP contribution in [0.2, 0.25) is 0 Å². The number of fused-ring (bicyclic) bond motifs is 2. The van der Waals surface area contributed by atoms with E-state index in [2.05, 4.69) is 28.3 Å². The number of hydrogen-bond acceptors (Lipinski definition) is 7. The molecule has 1 saturated carbocycles. The second kappa shape index (κ2) is 11.5. The number of anilines is 2. The minimum atomic E-state index is -5.01. The van der Waals surface area contributed by atoms with Crippen molar-refractivity contribution in [2.45, 2.75) is 56.0 Å². The highest BCUT2D eigenvalue weighted by molar-refractivity contribution is 7.70. The highest BCUT2D eigenvalue weighted by atomic mass is 31.2. The van der Waals surface area contributed by atoms with Gasteiger partial charge >= 0.3 is 15.2 Å². The summed E-state index contributed by atoms with van der Waals surface area (Å²) < 4.78 is 50.6. The molecule has 41 heavy (non-hydrogen) atoms. The van der Waals surface area contributed by atoms with Gasteiger partial charge in [-0.3, -0.25) is 9.13 Å². The number of nitrogens with one attached hydrogen (secondary N) is 1. The third-order valence-corrected chi connectivity index (χ3v) is 12.3. The van der Waals surface area contributed by atoms with Gasteiger partial charge in [0.2, 0.25) is 0 Å². The number of hydrogen-bond donors (Lipinski definition) is 5. The van der Waals surface area contributed by atoms with Crippen molar-refractivity contribution >= 4 is 32.1 Å². The molecule has 3 heterocycles. The Morgan fingerprint density at radius 3 is 2.49 bits per heavy atom. The minimum absolute atomic E-state index is 0.0267. The Morgan fingerprint density at radius 2 is 1.88 bits per heavy atom. The van der Waals surface area contributed by atoms with Crippen molar-refractivity contribution < 1.29 is 42.6 Å². The first-order chi connectivity index (χ1) is 19.3. The van der Waals surface area contributed by atoms with Gasteiger partial charge in [0.15, 0.2) is 17.0 Å². The summed E-state index contributed by atoms with van der Waals surface area (Å²) in [6.07, 6.45) is 5.53. The second-order valence-corrected chi connectivity index (χ2v) is 15.2. The Balaban J connectivity index is 1.37. The molecule has 0 unspecified atom stereocenters. The largest absolute Gasteiger partial charge is 0.494 e. The van der Waals surface area contributed by atoms with Gasteiger partial charge in [-0.25, -0.2) is 4.39 Å². The van der Waals surface area contributed by atoms with E-state index in [0.717, 1.165) is 44.5 Å². The molecule has 14 heteroatoms. The molecule has 0 amide bonds. The molecule has 0 spiro atoms. The molecule has 0 aromatic heterocycles. The highest BCUT2D eigenvalue weighted by Gasteiger charge is 2.43. The quantitative estimate of drug-likeness (QED) is 0.140. The van der Waals surface area contributed by atoms with Crippen LogP contribution in [0.25, 0.3) is 5.57 Å². The van der Waals surface area contributed by atoms with Crippen molar-refractivity contribution in [3.8, 4) is 5.75 Å². The summed E-state index contributed by atoms with van der Waals surface area (Å²) in [5.41, 5.74) is 2.80. The van der Waals surface area contributed by atoms with E-state index < -0.39 is 32.8 Å². The molecule has 0 bridgehead atoms. The summed E-state index contributed by atoms with van der Waals surface area (Å²) in [6, 6.07) is 2.00. The van der Waals surface area contributed by atoms with E-state index in [1.54, 1.807) is 7.11 Å². The van der Waals surface area contributed by atoms with Gasteiger partial charge in [-0.15, -0.1) is 0 Å². The van der Waals surface area contributed by atoms with Crippen molar-refractivity contribution in [2.75, 3.05) is 43.2 Å². The van der Waals surface area contributed by atoms with Gasteiger partial charge in [0.1, 0.15) is 11.4 Å². The topological polar surface area (TPSA) is 152 Å². The summed E-state index contributed by atoms with van der Waals surface area (Å²) in [7, 11) is -8.46. The first kappa shape index (κ1) is 30.3. The fourth-order valence-electron chi connectivity index (χ4n) is 6.19. The molecule has 2 atom stereocenters. The SMILES string of the molecule is C=C(OCCCC(P(=O)(O)O)P(=O)(O)O)C1=CN(C2CC2)c2c(cc(F)c(N3C[C@@H]4CCCN[C@@H]4C3)c2OC)C1=C. The lowest BCUT2D eigenvalue weighted by molar-refractivity contribution is 0.215. The van der Waals surface area contributed by atoms with Crippen LogP contribution in [0.15, 0.2) is 36.8 Å². The fourth-order valence-corrected chi connectivity index (χ4v) is 8.79. The molecule has 3 fully saturated rings. The number of ether oxygens (including phenoxy) is 2. The van der Waals surface area contributed by atoms with Crippen LogP contribution in [0.5, 0.6) is 5.75 Å². The highest BCUT2D eigenvalue weighted by Crippen LogP contribution is 2.61. The van der Waals surface area contributed by atoms with Crippen LogP contribution >= 0.6 is 15.2 Å². The van der Waals surface area contributed by atoms with Gasteiger partial charge < -0.3 is 44.2 Å². The summed E-state index contributed by atoms with van der Waals surface area (Å²) >= 11 is 0. The molecular formula is C27H38FN3O8P2. The Bertz CT molecular complexity index is 1320. The number of allylic oxidation sites excluding steroid dienone is 1. The maximum Gasteiger partial charge on any atom is 0.340 e. The van der Waals surface area contributed by atoms with Crippen molar-refractivity contribution in [2.24, 2.45) is 5.92 Å². The molecular weight excluding hydrogens is 575 g/mol. The smallest absolute Gasteiger partial charge is 0.340 e. The van der Waals surface area contributed by atoms with Gasteiger partial charge in [-0.2, -0.15) is 0 Å². The maximum absolute atomic E-state index is 15.9. The molecule has 2 saturated heterocycles. The van der Waals surface area contributed by atoms with Gasteiger partial charge in [0, 0.05) is 42.5 Å². The Labute approximate surface area is 239 Å². The van der Waals surface area contributed by atoms with E-state index in [0.29, 0.717) is 46.7 Å². The number of halogens is 1. The van der Waals surface area contributed by atoms with Crippen molar-refractivity contribution in [3.63, 3.8) is 0 Å². The van der Waals surface area contributed by atoms with Crippen molar-refractivity contribution in [1.82, 2.24) is 5.32 Å². The molecule has 1 aromatic rings. The van der Waals surface area contributed by atoms with E-state index in [1.165, 1.54) is 6.07 Å². The maximum atomic E-state index is 15.9. The average molecular weight is 614 g/mol. The lowest BCUT2D eigenvalue weighted by atomic mass is 9.92. The third-order valence-electron chi connectivity index (χ3n) is 8.38. The number of rotatable bonds is 11. The predicted molar refractivity (Wildman–Crippen MR) is 154 cm³/mol. The molecule has 5 rings (SSSR count). The molecule has 3 aliphatic heterocycles. The lowest BCUT2D eigenvalue weighted by Crippen LogP contribution is -2.40. The van der Waals surface area contributed by atoms with Gasteiger partial charge in [-0.05, 0) is 62.6 Å². The fraction of sp³-hybridized carbons (Fsp3) is 0.556. The zero-order chi connectivity index (χ0) is 29.7. The molecule has 5 N–H and O–H groups in total. The number of nitrogens with zero attached hydrogens (tertiary/aromatic N) is 2. The molecule has 0 radical (unpaired) electrons. The minimum Gasteiger partial charge on any atom is -0.494 e. The molecule has 1 aliphatic carbocycles. The van der Waals surface area contributed by atoms with Gasteiger partial charge in [-0.1, -0.05) is 13.2 Å².